The molecule has 0 bridgehead atoms. The maximum Gasteiger partial charge on any atom is 0.314 e. The molecule has 2 aromatic carbocycles. The summed E-state index contributed by atoms with van der Waals surface area (Å²) < 4.78 is 0. The number of Topliss-reactive ketones (excluding diaryl/α,β-unsaturated/α-hetero) is 1. The zero-order valence-electron chi connectivity index (χ0n) is 15.5. The fourth-order valence-corrected chi connectivity index (χ4v) is 4.36. The van der Waals surface area contributed by atoms with E-state index < -0.39 is 11.4 Å². The van der Waals surface area contributed by atoms with Crippen molar-refractivity contribution >= 4 is 29.4 Å². The van der Waals surface area contributed by atoms with Crippen LogP contribution in [0.4, 0.5) is 0 Å². The smallest absolute Gasteiger partial charge is 0.314 e. The van der Waals surface area contributed by atoms with Crippen LogP contribution in [-0.2, 0) is 15.0 Å². The Morgan fingerprint density at radius 2 is 1.46 bits per heavy atom. The van der Waals surface area contributed by atoms with Gasteiger partial charge in [-0.1, -0.05) is 60.7 Å². The third-order valence-corrected chi connectivity index (χ3v) is 6.18. The van der Waals surface area contributed by atoms with Gasteiger partial charge in [0.25, 0.3) is 0 Å². The lowest BCUT2D eigenvalue weighted by molar-refractivity contribution is -0.147. The number of benzene rings is 2. The van der Waals surface area contributed by atoms with E-state index in [1.54, 1.807) is 17.0 Å². The Balaban J connectivity index is 1.52. The molecule has 0 spiro atoms. The number of hydrogen-bond acceptors (Lipinski definition) is 4. The number of carbonyl (C=O) groups is 3. The molecule has 1 saturated heterocycles. The van der Waals surface area contributed by atoms with Crippen molar-refractivity contribution < 1.29 is 19.5 Å². The number of thioether (sulfide) groups is 1. The largest absolute Gasteiger partial charge is 0.481 e. The van der Waals surface area contributed by atoms with Crippen molar-refractivity contribution in [1.29, 1.82) is 0 Å². The lowest BCUT2D eigenvalue weighted by atomic mass is 9.73. The van der Waals surface area contributed by atoms with E-state index in [1.165, 1.54) is 11.8 Å². The zero-order chi connectivity index (χ0) is 20.0. The molecule has 0 radical (unpaired) electrons. The number of piperidine rings is 1. The predicted molar refractivity (Wildman–Crippen MR) is 110 cm³/mol. The Hall–Kier alpha value is -2.60. The fraction of sp³-hybridized carbons (Fsp3) is 0.318. The topological polar surface area (TPSA) is 74.7 Å². The molecule has 0 saturated carbocycles. The summed E-state index contributed by atoms with van der Waals surface area (Å²) in [6.07, 6.45) is 0.789. The summed E-state index contributed by atoms with van der Waals surface area (Å²) in [6, 6.07) is 18.3. The van der Waals surface area contributed by atoms with Crippen LogP contribution in [0.1, 0.15) is 28.8 Å². The van der Waals surface area contributed by atoms with Crippen LogP contribution >= 0.6 is 11.8 Å². The van der Waals surface area contributed by atoms with Crippen LogP contribution in [0.3, 0.4) is 0 Å². The average Bonchev–Trinajstić information content (AvgIpc) is 2.74. The molecule has 1 heterocycles. The van der Waals surface area contributed by atoms with Crippen molar-refractivity contribution in [1.82, 2.24) is 4.90 Å². The normalized spacial score (nSPS) is 15.8. The lowest BCUT2D eigenvalue weighted by Gasteiger charge is -2.39. The van der Waals surface area contributed by atoms with E-state index in [1.807, 2.05) is 48.5 Å². The highest BCUT2D eigenvalue weighted by molar-refractivity contribution is 8.00. The molecule has 5 nitrogen and oxygen atoms in total. The van der Waals surface area contributed by atoms with Gasteiger partial charge in [0.1, 0.15) is 0 Å². The molecule has 3 rings (SSSR count). The van der Waals surface area contributed by atoms with Gasteiger partial charge in [-0.3, -0.25) is 14.4 Å². The van der Waals surface area contributed by atoms with Gasteiger partial charge in [-0.25, -0.2) is 0 Å². The van der Waals surface area contributed by atoms with Crippen LogP contribution in [0.15, 0.2) is 60.7 Å². The molecule has 0 unspecified atom stereocenters. The molecule has 146 valence electrons. The molecule has 28 heavy (non-hydrogen) atoms. The van der Waals surface area contributed by atoms with Crippen molar-refractivity contribution in [3.8, 4) is 0 Å². The van der Waals surface area contributed by atoms with E-state index in [4.69, 9.17) is 0 Å². The van der Waals surface area contributed by atoms with Crippen molar-refractivity contribution in [2.24, 2.45) is 0 Å². The lowest BCUT2D eigenvalue weighted by Crippen LogP contribution is -2.49. The SMILES string of the molecule is O=C(CSCC(=O)N1CCC(C(=O)O)(c2ccccc2)CC1)c1ccccc1. The monoisotopic (exact) mass is 397 g/mol. The molecular weight excluding hydrogens is 374 g/mol. The number of amides is 1. The van der Waals surface area contributed by atoms with Gasteiger partial charge in [-0.15, -0.1) is 11.8 Å². The molecule has 1 N–H and O–H groups in total. The highest BCUT2D eigenvalue weighted by Crippen LogP contribution is 2.36. The minimum atomic E-state index is -0.936. The number of rotatable bonds is 7. The summed E-state index contributed by atoms with van der Waals surface area (Å²) in [5.41, 5.74) is 0.501. The van der Waals surface area contributed by atoms with E-state index in [2.05, 4.69) is 0 Å². The molecule has 1 aliphatic heterocycles. The predicted octanol–water partition coefficient (Wildman–Crippen LogP) is 3.25. The van der Waals surface area contributed by atoms with Crippen LogP contribution in [-0.4, -0.2) is 52.3 Å². The molecule has 0 aliphatic carbocycles. The number of carbonyl (C=O) groups excluding carboxylic acids is 2. The Labute approximate surface area is 168 Å². The Morgan fingerprint density at radius 3 is 2.04 bits per heavy atom. The van der Waals surface area contributed by atoms with Crippen molar-refractivity contribution in [3.05, 3.63) is 71.8 Å². The Morgan fingerprint density at radius 1 is 0.893 bits per heavy atom. The van der Waals surface area contributed by atoms with Gasteiger partial charge in [-0.2, -0.15) is 0 Å². The maximum absolute atomic E-state index is 12.5. The highest BCUT2D eigenvalue weighted by atomic mass is 32.2. The van der Waals surface area contributed by atoms with Crippen LogP contribution in [0.5, 0.6) is 0 Å². The van der Waals surface area contributed by atoms with E-state index in [0.29, 0.717) is 31.5 Å². The number of likely N-dealkylation sites (tertiary alicyclic amines) is 1. The van der Waals surface area contributed by atoms with Crippen molar-refractivity contribution in [2.45, 2.75) is 18.3 Å². The van der Waals surface area contributed by atoms with Crippen LogP contribution < -0.4 is 0 Å². The van der Waals surface area contributed by atoms with Crippen LogP contribution in [0, 0.1) is 0 Å². The third kappa shape index (κ3) is 4.44. The summed E-state index contributed by atoms with van der Waals surface area (Å²) in [6.45, 7) is 0.820. The first kappa shape index (κ1) is 20.1. The quantitative estimate of drug-likeness (QED) is 0.726. The van der Waals surface area contributed by atoms with E-state index in [0.717, 1.165) is 5.56 Å². The van der Waals surface area contributed by atoms with Gasteiger partial charge in [0, 0.05) is 18.7 Å². The van der Waals surface area contributed by atoms with Gasteiger partial charge < -0.3 is 10.0 Å². The summed E-state index contributed by atoms with van der Waals surface area (Å²) >= 11 is 1.30. The molecule has 1 fully saturated rings. The van der Waals surface area contributed by atoms with Crippen molar-refractivity contribution in [3.63, 3.8) is 0 Å². The molecule has 0 atom stereocenters. The Bertz CT molecular complexity index is 830. The fourth-order valence-electron chi connectivity index (χ4n) is 3.55. The minimum absolute atomic E-state index is 0.00557. The first-order valence-corrected chi connectivity index (χ1v) is 10.4. The van der Waals surface area contributed by atoms with E-state index in [9.17, 15) is 19.5 Å². The number of carboxylic acid groups (broad SMARTS) is 1. The summed E-state index contributed by atoms with van der Waals surface area (Å²) in [7, 11) is 0. The number of carboxylic acids is 1. The first-order chi connectivity index (χ1) is 13.5. The minimum Gasteiger partial charge on any atom is -0.481 e. The van der Waals surface area contributed by atoms with Crippen LogP contribution in [0.2, 0.25) is 0 Å². The van der Waals surface area contributed by atoms with E-state index in [-0.39, 0.29) is 23.2 Å². The molecule has 0 aromatic heterocycles. The Kier molecular flexibility index (Phi) is 6.52. The highest BCUT2D eigenvalue weighted by Gasteiger charge is 2.43. The summed E-state index contributed by atoms with van der Waals surface area (Å²) in [5.74, 6) is -0.394. The first-order valence-electron chi connectivity index (χ1n) is 9.25. The number of hydrogen-bond donors (Lipinski definition) is 1. The summed E-state index contributed by atoms with van der Waals surface area (Å²) in [4.78, 5) is 38.3. The number of aliphatic carboxylic acids is 1. The standard InChI is InChI=1S/C22H23NO4S/c24-19(17-7-3-1-4-8-17)15-28-16-20(25)23-13-11-22(12-14-23,21(26)27)18-9-5-2-6-10-18/h1-10H,11-16H2,(H,26,27). The van der Waals surface area contributed by atoms with Crippen molar-refractivity contribution in [2.75, 3.05) is 24.6 Å². The van der Waals surface area contributed by atoms with Gasteiger partial charge in [0.15, 0.2) is 5.78 Å². The molecule has 1 aliphatic rings. The van der Waals surface area contributed by atoms with Crippen LogP contribution in [0.25, 0.3) is 0 Å². The van der Waals surface area contributed by atoms with Gasteiger partial charge in [-0.05, 0) is 18.4 Å². The second-order valence-corrected chi connectivity index (χ2v) is 7.90. The second-order valence-electron chi connectivity index (χ2n) is 6.92. The molecule has 2 aromatic rings. The number of nitrogens with zero attached hydrogens (tertiary/aromatic N) is 1. The number of ketones is 1. The average molecular weight is 397 g/mol. The molecule has 1 amide bonds. The van der Waals surface area contributed by atoms with Gasteiger partial charge >= 0.3 is 5.97 Å². The summed E-state index contributed by atoms with van der Waals surface area (Å²) in [5, 5.41) is 9.83. The van der Waals surface area contributed by atoms with E-state index >= 15 is 0 Å². The zero-order valence-corrected chi connectivity index (χ0v) is 16.4. The van der Waals surface area contributed by atoms with Gasteiger partial charge in [0.2, 0.25) is 5.91 Å². The van der Waals surface area contributed by atoms with Gasteiger partial charge in [0.05, 0.1) is 16.9 Å². The second kappa shape index (κ2) is 9.06. The third-order valence-electron chi connectivity index (χ3n) is 5.26. The molecule has 6 heteroatoms. The molecular formula is C22H23NO4S. The maximum atomic E-state index is 12.5.